The highest BCUT2D eigenvalue weighted by Crippen LogP contribution is 2.49. The highest BCUT2D eigenvalue weighted by atomic mass is 32.2. The molecule has 2 fully saturated rings. The number of rotatable bonds is 6. The number of carbonyl (C=O) groups is 1. The Kier molecular flexibility index (Phi) is 6.86. The monoisotopic (exact) mass is 455 g/mol. The average Bonchev–Trinajstić information content (AvgIpc) is 3.15. The molecule has 0 bridgehead atoms. The number of nitrogens with one attached hydrogen (secondary N) is 2. The summed E-state index contributed by atoms with van der Waals surface area (Å²) in [6, 6.07) is 14.7. The number of methoxy groups -OCH3 is 2. The van der Waals surface area contributed by atoms with Crippen LogP contribution in [0.2, 0.25) is 0 Å². The first-order chi connectivity index (χ1) is 15.5. The molecule has 2 aromatic carbocycles. The summed E-state index contributed by atoms with van der Waals surface area (Å²) in [5, 5.41) is 6.22. The van der Waals surface area contributed by atoms with Crippen molar-refractivity contribution in [3.05, 3.63) is 48.0 Å². The van der Waals surface area contributed by atoms with Crippen LogP contribution in [-0.2, 0) is 5.41 Å². The first kappa shape index (κ1) is 22.8. The zero-order chi connectivity index (χ0) is 22.7. The number of amides is 2. The molecule has 1 aliphatic heterocycles. The number of likely N-dealkylation sites (tertiary alicyclic amines) is 1. The molecule has 7 heteroatoms. The van der Waals surface area contributed by atoms with Crippen LogP contribution in [0.25, 0.3) is 0 Å². The van der Waals surface area contributed by atoms with Gasteiger partial charge in [0.05, 0.1) is 14.2 Å². The second-order valence-electron chi connectivity index (χ2n) is 8.77. The van der Waals surface area contributed by atoms with Crippen molar-refractivity contribution in [1.82, 2.24) is 10.2 Å². The van der Waals surface area contributed by atoms with Gasteiger partial charge in [-0.2, -0.15) is 0 Å². The first-order valence-corrected chi connectivity index (χ1v) is 12.4. The number of nitrogens with zero attached hydrogens (tertiary/aromatic N) is 1. The molecule has 6 nitrogen and oxygen atoms in total. The Labute approximate surface area is 195 Å². The van der Waals surface area contributed by atoms with Gasteiger partial charge in [0.2, 0.25) is 0 Å². The predicted octanol–water partition coefficient (Wildman–Crippen LogP) is 4.74. The van der Waals surface area contributed by atoms with Crippen molar-refractivity contribution >= 4 is 23.5 Å². The molecular weight excluding hydrogens is 422 g/mol. The summed E-state index contributed by atoms with van der Waals surface area (Å²) in [6.45, 7) is 1.05. The molecule has 1 heterocycles. The van der Waals surface area contributed by atoms with Gasteiger partial charge in [-0.15, -0.1) is 11.8 Å². The van der Waals surface area contributed by atoms with Gasteiger partial charge in [0.1, 0.15) is 0 Å². The van der Waals surface area contributed by atoms with E-state index in [0.717, 1.165) is 54.3 Å². The van der Waals surface area contributed by atoms with Crippen molar-refractivity contribution in [1.29, 1.82) is 0 Å². The zero-order valence-electron chi connectivity index (χ0n) is 19.3. The minimum Gasteiger partial charge on any atom is -0.493 e. The summed E-state index contributed by atoms with van der Waals surface area (Å²) in [4.78, 5) is 16.3. The van der Waals surface area contributed by atoms with E-state index in [4.69, 9.17) is 9.47 Å². The molecule has 172 valence electrons. The molecule has 3 atom stereocenters. The van der Waals surface area contributed by atoms with E-state index in [1.54, 1.807) is 26.0 Å². The average molecular weight is 456 g/mol. The fraction of sp³-hybridized carbons (Fsp3) is 0.480. The van der Waals surface area contributed by atoms with Crippen LogP contribution < -0.4 is 20.1 Å². The molecule has 0 unspecified atom stereocenters. The van der Waals surface area contributed by atoms with Crippen LogP contribution in [0.5, 0.6) is 11.5 Å². The highest BCUT2D eigenvalue weighted by molar-refractivity contribution is 7.98. The van der Waals surface area contributed by atoms with Gasteiger partial charge in [-0.3, -0.25) is 0 Å². The van der Waals surface area contributed by atoms with Gasteiger partial charge in [0.25, 0.3) is 0 Å². The maximum atomic E-state index is 12.7. The molecule has 0 aromatic heterocycles. The van der Waals surface area contributed by atoms with Gasteiger partial charge in [-0.25, -0.2) is 4.79 Å². The van der Waals surface area contributed by atoms with Crippen LogP contribution in [0.15, 0.2) is 47.4 Å². The Morgan fingerprint density at radius 1 is 1.12 bits per heavy atom. The molecule has 1 aliphatic carbocycles. The van der Waals surface area contributed by atoms with E-state index >= 15 is 0 Å². The van der Waals surface area contributed by atoms with Crippen LogP contribution in [0.4, 0.5) is 10.5 Å². The van der Waals surface area contributed by atoms with Gasteiger partial charge >= 0.3 is 6.03 Å². The van der Waals surface area contributed by atoms with Crippen LogP contribution in [-0.4, -0.2) is 57.1 Å². The molecule has 4 rings (SSSR count). The highest BCUT2D eigenvalue weighted by Gasteiger charge is 2.50. The number of carbonyl (C=O) groups excluding carboxylic acids is 1. The van der Waals surface area contributed by atoms with E-state index in [-0.39, 0.29) is 17.5 Å². The largest absolute Gasteiger partial charge is 0.493 e. The number of anilines is 1. The van der Waals surface area contributed by atoms with Crippen LogP contribution in [0.1, 0.15) is 31.2 Å². The van der Waals surface area contributed by atoms with Crippen LogP contribution in [0.3, 0.4) is 0 Å². The standard InChI is InChI=1S/C25H33N3O3S/c1-28-13-12-25(17-8-9-21(30-2)22(14-17)31-3)11-10-19(16-23(25)28)27-24(29)26-18-6-5-7-20(15-18)32-4/h5-9,14-15,19,23H,10-13,16H2,1-4H3,(H2,26,27,29)/t19-,23+,25-/m0/s1. The number of likely N-dealkylation sites (N-methyl/N-ethyl adjacent to an activating group) is 1. The molecule has 2 amide bonds. The Morgan fingerprint density at radius 2 is 1.94 bits per heavy atom. The summed E-state index contributed by atoms with van der Waals surface area (Å²) >= 11 is 1.66. The topological polar surface area (TPSA) is 62.8 Å². The summed E-state index contributed by atoms with van der Waals surface area (Å²) in [5.41, 5.74) is 2.21. The van der Waals surface area contributed by atoms with Gasteiger partial charge < -0.3 is 25.0 Å². The van der Waals surface area contributed by atoms with Crippen molar-refractivity contribution < 1.29 is 14.3 Å². The fourth-order valence-corrected chi connectivity index (χ4v) is 5.91. The summed E-state index contributed by atoms with van der Waals surface area (Å²) in [6.07, 6.45) is 6.07. The normalized spacial score (nSPS) is 25.1. The lowest BCUT2D eigenvalue weighted by Crippen LogP contribution is -2.52. The molecule has 2 aliphatic rings. The Hall–Kier alpha value is -2.38. The van der Waals surface area contributed by atoms with Gasteiger partial charge in [-0.1, -0.05) is 12.1 Å². The maximum Gasteiger partial charge on any atom is 0.319 e. The van der Waals surface area contributed by atoms with E-state index < -0.39 is 0 Å². The number of hydrogen-bond acceptors (Lipinski definition) is 5. The van der Waals surface area contributed by atoms with Crippen molar-refractivity contribution in [2.45, 2.75) is 48.1 Å². The summed E-state index contributed by atoms with van der Waals surface area (Å²) in [5.74, 6) is 1.54. The van der Waals surface area contributed by atoms with Gasteiger partial charge in [0, 0.05) is 28.1 Å². The first-order valence-electron chi connectivity index (χ1n) is 11.1. The molecule has 0 spiro atoms. The Bertz CT molecular complexity index is 969. The van der Waals surface area contributed by atoms with E-state index in [0.29, 0.717) is 6.04 Å². The van der Waals surface area contributed by atoms with Crippen LogP contribution in [0, 0.1) is 0 Å². The van der Waals surface area contributed by atoms with E-state index in [1.807, 2.05) is 36.6 Å². The third kappa shape index (κ3) is 4.41. The van der Waals surface area contributed by atoms with E-state index in [2.05, 4.69) is 34.7 Å². The molecule has 0 radical (unpaired) electrons. The molecular formula is C25H33N3O3S. The predicted molar refractivity (Wildman–Crippen MR) is 130 cm³/mol. The van der Waals surface area contributed by atoms with Crippen LogP contribution >= 0.6 is 11.8 Å². The van der Waals surface area contributed by atoms with Crippen molar-refractivity contribution in [2.24, 2.45) is 0 Å². The molecule has 1 saturated carbocycles. The van der Waals surface area contributed by atoms with Crippen molar-refractivity contribution in [3.63, 3.8) is 0 Å². The van der Waals surface area contributed by atoms with Crippen molar-refractivity contribution in [2.75, 3.05) is 39.4 Å². The third-order valence-corrected chi connectivity index (χ3v) is 7.87. The van der Waals surface area contributed by atoms with Gasteiger partial charge in [-0.05, 0) is 81.4 Å². The lowest BCUT2D eigenvalue weighted by atomic mass is 9.65. The zero-order valence-corrected chi connectivity index (χ0v) is 20.1. The SMILES string of the molecule is COc1ccc([C@@]23CC[C@H](NC(=O)Nc4cccc(SC)c4)C[C@H]2N(C)CC3)cc1OC. The number of benzene rings is 2. The molecule has 1 saturated heterocycles. The third-order valence-electron chi connectivity index (χ3n) is 7.15. The quantitative estimate of drug-likeness (QED) is 0.616. The number of thioether (sulfide) groups is 1. The molecule has 2 aromatic rings. The lowest BCUT2D eigenvalue weighted by molar-refractivity contribution is 0.156. The molecule has 2 N–H and O–H groups in total. The second kappa shape index (κ2) is 9.63. The number of hydrogen-bond donors (Lipinski definition) is 2. The van der Waals surface area contributed by atoms with Gasteiger partial charge in [0.15, 0.2) is 11.5 Å². The smallest absolute Gasteiger partial charge is 0.319 e. The summed E-state index contributed by atoms with van der Waals surface area (Å²) in [7, 11) is 5.55. The second-order valence-corrected chi connectivity index (χ2v) is 9.65. The number of ether oxygens (including phenoxy) is 2. The maximum absolute atomic E-state index is 12.7. The Balaban J connectivity index is 1.47. The Morgan fingerprint density at radius 3 is 2.69 bits per heavy atom. The van der Waals surface area contributed by atoms with E-state index in [1.165, 1.54) is 5.56 Å². The van der Waals surface area contributed by atoms with E-state index in [9.17, 15) is 4.79 Å². The number of urea groups is 1. The lowest BCUT2D eigenvalue weighted by Gasteiger charge is -2.45. The fourth-order valence-electron chi connectivity index (χ4n) is 5.45. The number of fused-ring (bicyclic) bond motifs is 1. The summed E-state index contributed by atoms with van der Waals surface area (Å²) < 4.78 is 11.0. The van der Waals surface area contributed by atoms with Crippen molar-refractivity contribution in [3.8, 4) is 11.5 Å². The minimum absolute atomic E-state index is 0.0790. The molecule has 32 heavy (non-hydrogen) atoms. The minimum atomic E-state index is -0.132.